The lowest BCUT2D eigenvalue weighted by atomic mass is 9.99. The summed E-state index contributed by atoms with van der Waals surface area (Å²) in [6, 6.07) is 20.2. The number of nitrogens with zero attached hydrogens (tertiary/aromatic N) is 2. The van der Waals surface area contributed by atoms with Gasteiger partial charge in [-0.25, -0.2) is 9.57 Å². The Morgan fingerprint density at radius 1 is 1.06 bits per heavy atom. The van der Waals surface area contributed by atoms with Gasteiger partial charge >= 0.3 is 5.17 Å². The molecule has 1 aliphatic heterocycles. The van der Waals surface area contributed by atoms with Gasteiger partial charge in [-0.15, -0.1) is 0 Å². The summed E-state index contributed by atoms with van der Waals surface area (Å²) >= 11 is 1.52. The quantitative estimate of drug-likeness (QED) is 0.355. The highest BCUT2D eigenvalue weighted by Crippen LogP contribution is 2.34. The maximum atomic E-state index is 9.69. The molecule has 0 bridgehead atoms. The molecule has 6 nitrogen and oxygen atoms in total. The molecule has 2 aromatic rings. The number of benzene rings is 2. The Hall–Kier alpha value is -2.12. The Kier molecular flexibility index (Phi) is 9.81. The first-order valence-electron chi connectivity index (χ1n) is 10.9. The molecule has 4 unspecified atom stereocenters. The molecule has 0 saturated carbocycles. The Labute approximate surface area is 194 Å². The first kappa shape index (κ1) is 24.5. The number of amidine groups is 1. The van der Waals surface area contributed by atoms with Gasteiger partial charge in [-0.3, -0.25) is 0 Å². The minimum atomic E-state index is -0.289. The molecule has 7 heteroatoms. The van der Waals surface area contributed by atoms with Gasteiger partial charge in [0, 0.05) is 24.8 Å². The van der Waals surface area contributed by atoms with Crippen LogP contribution in [0.3, 0.4) is 0 Å². The molecule has 32 heavy (non-hydrogen) atoms. The van der Waals surface area contributed by atoms with Crippen molar-refractivity contribution in [3.63, 3.8) is 0 Å². The Morgan fingerprint density at radius 3 is 2.19 bits per heavy atom. The van der Waals surface area contributed by atoms with Gasteiger partial charge in [-0.05, 0) is 17.5 Å². The van der Waals surface area contributed by atoms with Crippen LogP contribution in [0.4, 0.5) is 0 Å². The summed E-state index contributed by atoms with van der Waals surface area (Å²) in [4.78, 5) is 1.92. The zero-order valence-corrected chi connectivity index (χ0v) is 19.6. The van der Waals surface area contributed by atoms with E-state index in [2.05, 4.69) is 23.5 Å². The van der Waals surface area contributed by atoms with Gasteiger partial charge in [0.1, 0.15) is 11.5 Å². The van der Waals surface area contributed by atoms with Gasteiger partial charge in [0.15, 0.2) is 6.72 Å². The smallest absolute Gasteiger partial charge is 0.396 e. The minimum Gasteiger partial charge on any atom is -0.396 e. The van der Waals surface area contributed by atoms with Gasteiger partial charge in [-0.1, -0.05) is 60.7 Å². The highest BCUT2D eigenvalue weighted by Gasteiger charge is 2.42. The van der Waals surface area contributed by atoms with Gasteiger partial charge in [-0.2, -0.15) is 0 Å². The molecule has 2 aromatic carbocycles. The molecule has 0 spiro atoms. The van der Waals surface area contributed by atoms with E-state index in [1.165, 1.54) is 11.8 Å². The second kappa shape index (κ2) is 12.8. The van der Waals surface area contributed by atoms with E-state index in [-0.39, 0.29) is 30.4 Å². The SMILES string of the molecule is C=[N+]=C(SC1CC(OCc2ccccc2)C(OCc2ccccc2)C(CCO)O1)N(C)C. The van der Waals surface area contributed by atoms with Crippen LogP contribution in [0.5, 0.6) is 0 Å². The molecule has 1 saturated heterocycles. The largest absolute Gasteiger partial charge is 0.407 e. The summed E-state index contributed by atoms with van der Waals surface area (Å²) in [5.74, 6) is 0. The Morgan fingerprint density at radius 2 is 1.66 bits per heavy atom. The highest BCUT2D eigenvalue weighted by molar-refractivity contribution is 8.14. The fourth-order valence-electron chi connectivity index (χ4n) is 3.65. The number of ether oxygens (including phenoxy) is 3. The van der Waals surface area contributed by atoms with E-state index in [4.69, 9.17) is 14.2 Å². The van der Waals surface area contributed by atoms with Crippen LogP contribution in [0.1, 0.15) is 24.0 Å². The topological polar surface area (TPSA) is 65.3 Å². The molecule has 1 fully saturated rings. The molecular formula is C25H33N2O4S+. The molecule has 0 aromatic heterocycles. The number of aliphatic hydroxyl groups is 1. The van der Waals surface area contributed by atoms with E-state index < -0.39 is 0 Å². The van der Waals surface area contributed by atoms with Crippen LogP contribution in [0.15, 0.2) is 60.7 Å². The van der Waals surface area contributed by atoms with Crippen LogP contribution in [0.25, 0.3) is 0 Å². The molecule has 0 radical (unpaired) electrons. The normalized spacial score (nSPS) is 22.8. The number of thioether (sulfide) groups is 1. The average Bonchev–Trinajstić information content (AvgIpc) is 2.81. The van der Waals surface area contributed by atoms with E-state index >= 15 is 0 Å². The summed E-state index contributed by atoms with van der Waals surface area (Å²) in [7, 11) is 3.86. The summed E-state index contributed by atoms with van der Waals surface area (Å²) < 4.78 is 23.2. The van der Waals surface area contributed by atoms with Crippen molar-refractivity contribution in [3.8, 4) is 0 Å². The lowest BCUT2D eigenvalue weighted by Gasteiger charge is -2.41. The van der Waals surface area contributed by atoms with Crippen molar-refractivity contribution in [2.45, 2.75) is 49.8 Å². The first-order chi connectivity index (χ1) is 15.6. The number of hydrogen-bond acceptors (Lipinski definition) is 5. The van der Waals surface area contributed by atoms with Crippen molar-refractivity contribution in [2.75, 3.05) is 20.7 Å². The van der Waals surface area contributed by atoms with Gasteiger partial charge in [0.25, 0.3) is 0 Å². The third-order valence-electron chi connectivity index (χ3n) is 5.24. The number of aliphatic hydroxyl groups excluding tert-OH is 1. The molecule has 1 heterocycles. The lowest BCUT2D eigenvalue weighted by molar-refractivity contribution is -0.193. The lowest BCUT2D eigenvalue weighted by Crippen LogP contribution is -2.50. The number of rotatable bonds is 9. The van der Waals surface area contributed by atoms with Crippen molar-refractivity contribution < 1.29 is 19.3 Å². The first-order valence-corrected chi connectivity index (χ1v) is 11.7. The average molecular weight is 458 g/mol. The molecule has 0 aliphatic carbocycles. The third kappa shape index (κ3) is 7.20. The van der Waals surface area contributed by atoms with Crippen LogP contribution in [-0.2, 0) is 27.4 Å². The van der Waals surface area contributed by atoms with E-state index in [0.29, 0.717) is 26.1 Å². The molecule has 3 rings (SSSR count). The van der Waals surface area contributed by atoms with Crippen LogP contribution in [-0.4, -0.2) is 66.3 Å². The predicted octanol–water partition coefficient (Wildman–Crippen LogP) is 3.07. The summed E-state index contributed by atoms with van der Waals surface area (Å²) in [6.07, 6.45) is 0.355. The maximum absolute atomic E-state index is 9.69. The summed E-state index contributed by atoms with van der Waals surface area (Å²) in [5.41, 5.74) is 2.02. The predicted molar refractivity (Wildman–Crippen MR) is 131 cm³/mol. The molecule has 172 valence electrons. The van der Waals surface area contributed by atoms with Gasteiger partial charge in [0.2, 0.25) is 0 Å². The fourth-order valence-corrected chi connectivity index (χ4v) is 4.65. The standard InChI is InChI=1S/C25H33N2O4S/c1-26-25(27(2)3)32-23-16-22(29-17-19-10-6-4-7-11-19)24(21(31-23)14-15-28)30-18-20-12-8-5-9-13-20/h4-13,21-24,28H,1,14-18H2,2-3H3/q+1. The van der Waals surface area contributed by atoms with Crippen LogP contribution < -0.4 is 4.67 Å². The van der Waals surface area contributed by atoms with E-state index in [1.54, 1.807) is 0 Å². The van der Waals surface area contributed by atoms with Gasteiger partial charge < -0.3 is 19.3 Å². The zero-order chi connectivity index (χ0) is 22.8. The molecule has 1 aliphatic rings. The van der Waals surface area contributed by atoms with E-state index in [9.17, 15) is 5.11 Å². The summed E-state index contributed by atoms with van der Waals surface area (Å²) in [5, 5.41) is 10.5. The van der Waals surface area contributed by atoms with Gasteiger partial charge in [0.05, 0.1) is 39.5 Å². The minimum absolute atomic E-state index is 0.0165. The molecular weight excluding hydrogens is 424 g/mol. The fraction of sp³-hybridized carbons (Fsp3) is 0.440. The van der Waals surface area contributed by atoms with Crippen molar-refractivity contribution in [1.29, 1.82) is 0 Å². The van der Waals surface area contributed by atoms with Crippen molar-refractivity contribution in [3.05, 3.63) is 71.8 Å². The highest BCUT2D eigenvalue weighted by atomic mass is 32.2. The van der Waals surface area contributed by atoms with E-state index in [1.807, 2.05) is 67.5 Å². The third-order valence-corrected chi connectivity index (χ3v) is 6.52. The van der Waals surface area contributed by atoms with Crippen LogP contribution in [0, 0.1) is 0 Å². The molecule has 4 atom stereocenters. The monoisotopic (exact) mass is 457 g/mol. The van der Waals surface area contributed by atoms with Crippen LogP contribution >= 0.6 is 11.8 Å². The second-order valence-corrected chi connectivity index (χ2v) is 9.03. The van der Waals surface area contributed by atoms with Crippen molar-refractivity contribution in [1.82, 2.24) is 9.57 Å². The van der Waals surface area contributed by atoms with Crippen LogP contribution in [0.2, 0.25) is 0 Å². The second-order valence-electron chi connectivity index (χ2n) is 7.90. The maximum Gasteiger partial charge on any atom is 0.407 e. The number of hydrogen-bond donors (Lipinski definition) is 1. The summed E-state index contributed by atoms with van der Waals surface area (Å²) in [6.45, 7) is 4.64. The molecule has 1 N–H and O–H groups in total. The molecule has 0 amide bonds. The zero-order valence-electron chi connectivity index (χ0n) is 18.8. The van der Waals surface area contributed by atoms with Crippen molar-refractivity contribution >= 4 is 23.6 Å². The van der Waals surface area contributed by atoms with E-state index in [0.717, 1.165) is 16.3 Å². The Bertz CT molecular complexity index is 859. The Balaban J connectivity index is 1.76. The van der Waals surface area contributed by atoms with Crippen molar-refractivity contribution in [2.24, 2.45) is 0 Å².